The lowest BCUT2D eigenvalue weighted by molar-refractivity contribution is -0.287. The van der Waals surface area contributed by atoms with E-state index in [1.807, 2.05) is 12.1 Å². The highest BCUT2D eigenvalue weighted by Crippen LogP contribution is 2.69. The van der Waals surface area contributed by atoms with Gasteiger partial charge in [-0.1, -0.05) is 30.1 Å². The van der Waals surface area contributed by atoms with Gasteiger partial charge in [0.25, 0.3) is 0 Å². The molecular weight excluding hydrogens is 511 g/mol. The summed E-state index contributed by atoms with van der Waals surface area (Å²) in [4.78, 5) is 0.546. The maximum atomic E-state index is 10.3. The Labute approximate surface area is 194 Å². The van der Waals surface area contributed by atoms with Gasteiger partial charge in [-0.2, -0.15) is 15.8 Å². The second kappa shape index (κ2) is 6.95. The van der Waals surface area contributed by atoms with Crippen molar-refractivity contribution < 1.29 is 9.47 Å². The molecule has 0 aliphatic carbocycles. The molecule has 2 aromatic rings. The third-order valence-corrected chi connectivity index (χ3v) is 8.11. The first-order valence-corrected chi connectivity index (χ1v) is 11.0. The topological polar surface area (TPSA) is 114 Å². The SMILES string of the molecule is CC1C2(c3ccc(Cl)cc3Cl)OC(=N)C1(C#N)C(C#N)(C#N)C(c1cc(Br)cs1)O2. The molecule has 4 atom stereocenters. The van der Waals surface area contributed by atoms with E-state index in [-0.39, 0.29) is 5.02 Å². The molecule has 0 radical (unpaired) electrons. The summed E-state index contributed by atoms with van der Waals surface area (Å²) in [5.41, 5.74) is -3.52. The lowest BCUT2D eigenvalue weighted by Crippen LogP contribution is -2.57. The molecular formula is C20H11BrCl2N4O2S. The number of hydrogen-bond donors (Lipinski definition) is 1. The molecule has 0 spiro atoms. The summed E-state index contributed by atoms with van der Waals surface area (Å²) in [6.07, 6.45) is -1.16. The van der Waals surface area contributed by atoms with Gasteiger partial charge in [0.15, 0.2) is 5.41 Å². The quantitative estimate of drug-likeness (QED) is 0.526. The third-order valence-electron chi connectivity index (χ3n) is 5.82. The fourth-order valence-electron chi connectivity index (χ4n) is 4.33. The molecule has 1 aromatic carbocycles. The smallest absolute Gasteiger partial charge is 0.245 e. The highest BCUT2D eigenvalue weighted by atomic mass is 79.9. The number of nitriles is 3. The zero-order chi connectivity index (χ0) is 21.9. The number of benzene rings is 1. The number of halogens is 3. The lowest BCUT2D eigenvalue weighted by Gasteiger charge is -2.48. The molecule has 30 heavy (non-hydrogen) atoms. The molecule has 2 fully saturated rings. The molecule has 6 nitrogen and oxygen atoms in total. The fourth-order valence-corrected chi connectivity index (χ4v) is 6.41. The monoisotopic (exact) mass is 520 g/mol. The van der Waals surface area contributed by atoms with E-state index in [0.717, 1.165) is 4.47 Å². The van der Waals surface area contributed by atoms with Crippen molar-refractivity contribution in [3.8, 4) is 18.2 Å². The molecule has 150 valence electrons. The first-order chi connectivity index (χ1) is 14.2. The Morgan fingerprint density at radius 1 is 1.17 bits per heavy atom. The van der Waals surface area contributed by atoms with E-state index in [4.69, 9.17) is 38.1 Å². The van der Waals surface area contributed by atoms with Gasteiger partial charge in [-0.05, 0) is 40.2 Å². The number of nitrogens with zero attached hydrogens (tertiary/aromatic N) is 3. The summed E-state index contributed by atoms with van der Waals surface area (Å²) in [6, 6.07) is 12.5. The van der Waals surface area contributed by atoms with Crippen LogP contribution in [0.3, 0.4) is 0 Å². The Balaban J connectivity index is 2.06. The van der Waals surface area contributed by atoms with Gasteiger partial charge in [0.05, 0.1) is 29.1 Å². The first kappa shape index (κ1) is 21.1. The number of hydrogen-bond acceptors (Lipinski definition) is 7. The Kier molecular flexibility index (Phi) is 4.90. The molecule has 2 bridgehead atoms. The van der Waals surface area contributed by atoms with Gasteiger partial charge in [-0.25, -0.2) is 0 Å². The first-order valence-electron chi connectivity index (χ1n) is 8.61. The van der Waals surface area contributed by atoms with Gasteiger partial charge < -0.3 is 9.47 Å². The van der Waals surface area contributed by atoms with E-state index in [1.54, 1.807) is 30.5 Å². The average molecular weight is 522 g/mol. The van der Waals surface area contributed by atoms with Crippen molar-refractivity contribution in [2.24, 2.45) is 16.7 Å². The molecule has 10 heteroatoms. The zero-order valence-electron chi connectivity index (χ0n) is 15.2. The number of thiophene rings is 1. The maximum absolute atomic E-state index is 10.3. The molecule has 2 aliphatic heterocycles. The summed E-state index contributed by atoms with van der Waals surface area (Å²) >= 11 is 17.1. The molecule has 1 N–H and O–H groups in total. The summed E-state index contributed by atoms with van der Waals surface area (Å²) in [5, 5.41) is 41.6. The zero-order valence-corrected chi connectivity index (χ0v) is 19.2. The van der Waals surface area contributed by atoms with Crippen LogP contribution in [0.1, 0.15) is 23.5 Å². The molecule has 0 amide bonds. The average Bonchev–Trinajstić information content (AvgIpc) is 3.20. The van der Waals surface area contributed by atoms with E-state index >= 15 is 0 Å². The van der Waals surface area contributed by atoms with Crippen molar-refractivity contribution in [1.82, 2.24) is 0 Å². The van der Waals surface area contributed by atoms with Crippen molar-refractivity contribution in [1.29, 1.82) is 21.2 Å². The van der Waals surface area contributed by atoms with Crippen molar-refractivity contribution in [2.75, 3.05) is 0 Å². The van der Waals surface area contributed by atoms with Crippen molar-refractivity contribution >= 4 is 56.4 Å². The summed E-state index contributed by atoms with van der Waals surface area (Å²) in [6.45, 7) is 1.62. The van der Waals surface area contributed by atoms with E-state index in [9.17, 15) is 15.8 Å². The van der Waals surface area contributed by atoms with Gasteiger partial charge in [0, 0.05) is 25.3 Å². The van der Waals surface area contributed by atoms with E-state index in [1.165, 1.54) is 17.4 Å². The van der Waals surface area contributed by atoms with Crippen LogP contribution >= 0.6 is 50.5 Å². The molecule has 4 unspecified atom stereocenters. The number of ether oxygens (including phenoxy) is 2. The Morgan fingerprint density at radius 3 is 2.40 bits per heavy atom. The minimum Gasteiger partial charge on any atom is -0.443 e. The van der Waals surface area contributed by atoms with Crippen LogP contribution < -0.4 is 0 Å². The molecule has 2 aliphatic rings. The van der Waals surface area contributed by atoms with Crippen molar-refractivity contribution in [3.05, 3.63) is 54.6 Å². The number of nitrogens with one attached hydrogen (secondary N) is 1. The van der Waals surface area contributed by atoms with Crippen LogP contribution in [0.2, 0.25) is 10.0 Å². The van der Waals surface area contributed by atoms with E-state index < -0.39 is 34.5 Å². The van der Waals surface area contributed by atoms with Crippen LogP contribution in [0.5, 0.6) is 0 Å². The largest absolute Gasteiger partial charge is 0.443 e. The van der Waals surface area contributed by atoms with Gasteiger partial charge in [0.2, 0.25) is 17.1 Å². The Hall–Kier alpha value is -2.12. The molecule has 0 saturated carbocycles. The highest BCUT2D eigenvalue weighted by Gasteiger charge is 2.80. The number of rotatable bonds is 2. The van der Waals surface area contributed by atoms with Gasteiger partial charge >= 0.3 is 0 Å². The molecule has 2 saturated heterocycles. The van der Waals surface area contributed by atoms with Gasteiger partial charge in [0.1, 0.15) is 6.10 Å². The minimum absolute atomic E-state index is 0.225. The van der Waals surface area contributed by atoms with Crippen LogP contribution in [-0.2, 0) is 15.3 Å². The maximum Gasteiger partial charge on any atom is 0.245 e. The van der Waals surface area contributed by atoms with E-state index in [2.05, 4.69) is 22.0 Å². The van der Waals surface area contributed by atoms with Crippen LogP contribution in [0.15, 0.2) is 34.1 Å². The predicted octanol–water partition coefficient (Wildman–Crippen LogP) is 5.93. The van der Waals surface area contributed by atoms with Crippen LogP contribution in [0, 0.1) is 56.2 Å². The highest BCUT2D eigenvalue weighted by molar-refractivity contribution is 9.10. The summed E-state index contributed by atoms with van der Waals surface area (Å²) in [5.74, 6) is -3.03. The van der Waals surface area contributed by atoms with Crippen molar-refractivity contribution in [3.63, 3.8) is 0 Å². The number of fused-ring (bicyclic) bond motifs is 2. The second-order valence-electron chi connectivity index (χ2n) is 7.06. The van der Waals surface area contributed by atoms with Crippen LogP contribution in [-0.4, -0.2) is 5.90 Å². The lowest BCUT2D eigenvalue weighted by atomic mass is 9.54. The van der Waals surface area contributed by atoms with E-state index in [0.29, 0.717) is 15.5 Å². The van der Waals surface area contributed by atoms with Gasteiger partial charge in [-0.3, -0.25) is 5.41 Å². The predicted molar refractivity (Wildman–Crippen MR) is 114 cm³/mol. The Morgan fingerprint density at radius 2 is 1.87 bits per heavy atom. The standard InChI is InChI=1S/C20H11BrCl2N4O2S/c1-10-19(9-26)17(27)29-20(10,13-3-2-12(22)5-14(13)23)28-16(18(19,7-24)8-25)15-4-11(21)6-30-15/h2-6,10,16,27H,1H3. The van der Waals surface area contributed by atoms with Gasteiger partial charge in [-0.15, -0.1) is 11.3 Å². The third kappa shape index (κ3) is 2.39. The fraction of sp³-hybridized carbons (Fsp3) is 0.300. The summed E-state index contributed by atoms with van der Waals surface area (Å²) < 4.78 is 13.0. The summed E-state index contributed by atoms with van der Waals surface area (Å²) in [7, 11) is 0. The second-order valence-corrected chi connectivity index (χ2v) is 9.76. The normalized spacial score (nSPS) is 31.3. The Bertz CT molecular complexity index is 1200. The van der Waals surface area contributed by atoms with Crippen LogP contribution in [0.4, 0.5) is 0 Å². The molecule has 1 aromatic heterocycles. The molecule has 3 heterocycles. The van der Waals surface area contributed by atoms with Crippen LogP contribution in [0.25, 0.3) is 0 Å². The molecule has 4 rings (SSSR count). The minimum atomic E-state index is -2.01. The van der Waals surface area contributed by atoms with Crippen molar-refractivity contribution in [2.45, 2.75) is 18.8 Å².